The zero-order chi connectivity index (χ0) is 13.2. The fourth-order valence-corrected chi connectivity index (χ4v) is 1.28. The summed E-state index contributed by atoms with van der Waals surface area (Å²) in [5.41, 5.74) is -0.763. The van der Waals surface area contributed by atoms with E-state index in [0.29, 0.717) is 33.0 Å². The highest BCUT2D eigenvalue weighted by molar-refractivity contribution is 4.82. The number of aromatic amines is 1. The first-order valence-corrected chi connectivity index (χ1v) is 5.68. The van der Waals surface area contributed by atoms with Crippen molar-refractivity contribution in [3.8, 4) is 0 Å². The van der Waals surface area contributed by atoms with Crippen molar-refractivity contribution in [2.75, 3.05) is 40.1 Å². The van der Waals surface area contributed by atoms with Crippen LogP contribution in [0.3, 0.4) is 0 Å². The van der Waals surface area contributed by atoms with Crippen LogP contribution in [0.1, 0.15) is 0 Å². The summed E-state index contributed by atoms with van der Waals surface area (Å²) in [5.74, 6) is 0. The van der Waals surface area contributed by atoms with Crippen molar-refractivity contribution >= 4 is 0 Å². The summed E-state index contributed by atoms with van der Waals surface area (Å²) in [6.07, 6.45) is 1.33. The molecule has 0 saturated carbocycles. The number of methoxy groups -OCH3 is 1. The Labute approximate surface area is 104 Å². The van der Waals surface area contributed by atoms with E-state index in [9.17, 15) is 9.59 Å². The molecule has 1 aromatic rings. The molecule has 0 fully saturated rings. The highest BCUT2D eigenvalue weighted by Gasteiger charge is 1.99. The lowest BCUT2D eigenvalue weighted by Gasteiger charge is -2.06. The maximum absolute atomic E-state index is 11.3. The van der Waals surface area contributed by atoms with E-state index in [0.717, 1.165) is 4.57 Å². The molecule has 0 bridgehead atoms. The molecule has 0 saturated heterocycles. The lowest BCUT2D eigenvalue weighted by Crippen LogP contribution is -2.35. The van der Waals surface area contributed by atoms with Gasteiger partial charge in [0.1, 0.15) is 0 Å². The van der Waals surface area contributed by atoms with Crippen LogP contribution in [0.2, 0.25) is 0 Å². The molecule has 7 nitrogen and oxygen atoms in total. The number of nitrogens with zero attached hydrogens (tertiary/aromatic N) is 1. The Morgan fingerprint density at radius 1 is 1.11 bits per heavy atom. The normalized spacial score (nSPS) is 10.7. The predicted molar refractivity (Wildman–Crippen MR) is 64.8 cm³/mol. The molecule has 1 N–H and O–H groups in total. The number of hydrogen-bond acceptors (Lipinski definition) is 5. The van der Waals surface area contributed by atoms with Gasteiger partial charge in [-0.1, -0.05) is 0 Å². The van der Waals surface area contributed by atoms with Crippen LogP contribution < -0.4 is 11.2 Å². The number of aromatic nitrogens is 2. The zero-order valence-electron chi connectivity index (χ0n) is 10.4. The molecule has 0 aliphatic rings. The van der Waals surface area contributed by atoms with Crippen LogP contribution in [0.4, 0.5) is 0 Å². The van der Waals surface area contributed by atoms with E-state index in [1.807, 2.05) is 0 Å². The second-order valence-corrected chi connectivity index (χ2v) is 3.49. The van der Waals surface area contributed by atoms with E-state index < -0.39 is 5.69 Å². The van der Waals surface area contributed by atoms with Gasteiger partial charge in [0, 0.05) is 19.4 Å². The average molecular weight is 258 g/mol. The first-order valence-electron chi connectivity index (χ1n) is 5.68. The average Bonchev–Trinajstić information content (AvgIpc) is 2.35. The second kappa shape index (κ2) is 8.62. The summed E-state index contributed by atoms with van der Waals surface area (Å²) in [6.45, 7) is 2.48. The maximum atomic E-state index is 11.3. The molecular weight excluding hydrogens is 240 g/mol. The van der Waals surface area contributed by atoms with E-state index in [1.165, 1.54) is 12.3 Å². The SMILES string of the molecule is COCCOCCOCCn1c(=O)cc[nH]c1=O. The van der Waals surface area contributed by atoms with Crippen LogP contribution in [0.25, 0.3) is 0 Å². The Kier molecular flexibility index (Phi) is 7.00. The molecule has 0 aliphatic carbocycles. The van der Waals surface area contributed by atoms with E-state index in [1.54, 1.807) is 7.11 Å². The van der Waals surface area contributed by atoms with Gasteiger partial charge in [-0.05, 0) is 0 Å². The molecule has 0 atom stereocenters. The smallest absolute Gasteiger partial charge is 0.328 e. The van der Waals surface area contributed by atoms with Crippen molar-refractivity contribution in [2.45, 2.75) is 6.54 Å². The van der Waals surface area contributed by atoms with Crippen LogP contribution >= 0.6 is 0 Å². The minimum Gasteiger partial charge on any atom is -0.382 e. The van der Waals surface area contributed by atoms with Crippen LogP contribution in [0.15, 0.2) is 21.9 Å². The lowest BCUT2D eigenvalue weighted by atomic mass is 10.6. The first kappa shape index (κ1) is 14.6. The quantitative estimate of drug-likeness (QED) is 0.587. The van der Waals surface area contributed by atoms with Gasteiger partial charge >= 0.3 is 5.69 Å². The van der Waals surface area contributed by atoms with Crippen LogP contribution in [-0.2, 0) is 20.8 Å². The third kappa shape index (κ3) is 5.26. The van der Waals surface area contributed by atoms with Gasteiger partial charge in [0.15, 0.2) is 0 Å². The van der Waals surface area contributed by atoms with Gasteiger partial charge in [-0.25, -0.2) is 4.79 Å². The third-order valence-corrected chi connectivity index (χ3v) is 2.21. The monoisotopic (exact) mass is 258 g/mol. The lowest BCUT2D eigenvalue weighted by molar-refractivity contribution is 0.0227. The van der Waals surface area contributed by atoms with Gasteiger partial charge in [-0.3, -0.25) is 9.36 Å². The molecule has 0 radical (unpaired) electrons. The van der Waals surface area contributed by atoms with Gasteiger partial charge in [0.05, 0.1) is 39.6 Å². The Bertz CT molecular complexity index is 411. The van der Waals surface area contributed by atoms with Crippen LogP contribution in [0, 0.1) is 0 Å². The Morgan fingerprint density at radius 3 is 2.44 bits per heavy atom. The summed E-state index contributed by atoms with van der Waals surface area (Å²) < 4.78 is 16.3. The number of H-pyrrole nitrogens is 1. The molecule has 0 amide bonds. The molecule has 1 aromatic heterocycles. The standard InChI is InChI=1S/C11H18N2O5/c1-16-6-7-18-9-8-17-5-4-13-10(14)2-3-12-11(13)15/h2-3H,4-9H2,1H3,(H,12,15). The first-order chi connectivity index (χ1) is 8.75. The molecule has 0 aliphatic heterocycles. The molecule has 1 heterocycles. The van der Waals surface area contributed by atoms with Crippen molar-refractivity contribution in [1.82, 2.24) is 9.55 Å². The molecule has 7 heteroatoms. The number of nitrogens with one attached hydrogen (secondary N) is 1. The Morgan fingerprint density at radius 2 is 1.78 bits per heavy atom. The summed E-state index contributed by atoms with van der Waals surface area (Å²) in [6, 6.07) is 1.30. The number of rotatable bonds is 9. The Hall–Kier alpha value is -1.44. The number of hydrogen-bond donors (Lipinski definition) is 1. The molecule has 0 unspecified atom stereocenters. The zero-order valence-corrected chi connectivity index (χ0v) is 10.4. The third-order valence-electron chi connectivity index (χ3n) is 2.21. The van der Waals surface area contributed by atoms with E-state index in [2.05, 4.69) is 4.98 Å². The van der Waals surface area contributed by atoms with E-state index >= 15 is 0 Å². The summed E-state index contributed by atoms with van der Waals surface area (Å²) in [7, 11) is 1.61. The molecule has 18 heavy (non-hydrogen) atoms. The highest BCUT2D eigenvalue weighted by Crippen LogP contribution is 1.81. The molecule has 0 aromatic carbocycles. The topological polar surface area (TPSA) is 82.6 Å². The fourth-order valence-electron chi connectivity index (χ4n) is 1.28. The summed E-state index contributed by atoms with van der Waals surface area (Å²) in [4.78, 5) is 25.0. The van der Waals surface area contributed by atoms with Crippen molar-refractivity contribution in [3.05, 3.63) is 33.1 Å². The highest BCUT2D eigenvalue weighted by atomic mass is 16.5. The van der Waals surface area contributed by atoms with Crippen LogP contribution in [0.5, 0.6) is 0 Å². The second-order valence-electron chi connectivity index (χ2n) is 3.49. The Balaban J connectivity index is 2.15. The molecule has 1 rings (SSSR count). The summed E-state index contributed by atoms with van der Waals surface area (Å²) >= 11 is 0. The van der Waals surface area contributed by atoms with Crippen molar-refractivity contribution in [3.63, 3.8) is 0 Å². The van der Waals surface area contributed by atoms with Crippen LogP contribution in [-0.4, -0.2) is 49.7 Å². The largest absolute Gasteiger partial charge is 0.382 e. The fraction of sp³-hybridized carbons (Fsp3) is 0.636. The van der Waals surface area contributed by atoms with Gasteiger partial charge in [-0.2, -0.15) is 0 Å². The van der Waals surface area contributed by atoms with Gasteiger partial charge in [0.25, 0.3) is 5.56 Å². The minimum absolute atomic E-state index is 0.229. The van der Waals surface area contributed by atoms with Gasteiger partial charge in [-0.15, -0.1) is 0 Å². The van der Waals surface area contributed by atoms with E-state index in [-0.39, 0.29) is 12.1 Å². The van der Waals surface area contributed by atoms with Gasteiger partial charge in [0.2, 0.25) is 0 Å². The molecular formula is C11H18N2O5. The van der Waals surface area contributed by atoms with Crippen molar-refractivity contribution in [2.24, 2.45) is 0 Å². The molecule has 0 spiro atoms. The molecule has 102 valence electrons. The predicted octanol–water partition coefficient (Wildman–Crippen LogP) is -0.784. The minimum atomic E-state index is -0.428. The van der Waals surface area contributed by atoms with Gasteiger partial charge < -0.3 is 19.2 Å². The number of ether oxygens (including phenoxy) is 3. The van der Waals surface area contributed by atoms with Crippen molar-refractivity contribution < 1.29 is 14.2 Å². The maximum Gasteiger partial charge on any atom is 0.328 e. The van der Waals surface area contributed by atoms with Crippen molar-refractivity contribution in [1.29, 1.82) is 0 Å². The summed E-state index contributed by atoms with van der Waals surface area (Å²) in [5, 5.41) is 0. The van der Waals surface area contributed by atoms with E-state index in [4.69, 9.17) is 14.2 Å².